The maximum absolute atomic E-state index is 13.0. The standard InChI is InChI=1S/C20H20F3N7O/c1-10-16-7-25-18(30-8-13-4-14(9-30)31-13)5-15(16)19(29-28-10)26-6-12-2-11(24)3-17(27-12)20(21,22)23/h2-3,5,7,13-14H,4,6,8-9H2,1H3,(H2,24,27)(H,26,29). The molecule has 2 atom stereocenters. The van der Waals surface area contributed by atoms with Crippen molar-refractivity contribution in [3.05, 3.63) is 41.5 Å². The number of rotatable bonds is 4. The molecule has 0 radical (unpaired) electrons. The Morgan fingerprint density at radius 1 is 1.16 bits per heavy atom. The lowest BCUT2D eigenvalue weighted by Crippen LogP contribution is -2.57. The Morgan fingerprint density at radius 3 is 2.61 bits per heavy atom. The van der Waals surface area contributed by atoms with E-state index in [1.54, 1.807) is 6.20 Å². The van der Waals surface area contributed by atoms with Crippen molar-refractivity contribution in [2.75, 3.05) is 29.0 Å². The third-order valence-corrected chi connectivity index (χ3v) is 5.55. The molecule has 0 aromatic carbocycles. The summed E-state index contributed by atoms with van der Waals surface area (Å²) in [6, 6.07) is 4.15. The second-order valence-electron chi connectivity index (χ2n) is 7.87. The molecule has 8 nitrogen and oxygen atoms in total. The summed E-state index contributed by atoms with van der Waals surface area (Å²) in [6.45, 7) is 3.41. The average Bonchev–Trinajstić information content (AvgIpc) is 2.72. The van der Waals surface area contributed by atoms with Crippen LogP contribution >= 0.6 is 0 Å². The molecule has 3 N–H and O–H groups in total. The minimum Gasteiger partial charge on any atom is -0.399 e. The highest BCUT2D eigenvalue weighted by Gasteiger charge is 2.38. The van der Waals surface area contributed by atoms with E-state index in [1.807, 2.05) is 13.0 Å². The van der Waals surface area contributed by atoms with Crippen molar-refractivity contribution in [2.24, 2.45) is 0 Å². The van der Waals surface area contributed by atoms with Gasteiger partial charge in [-0.25, -0.2) is 9.97 Å². The van der Waals surface area contributed by atoms with Crippen LogP contribution in [0.15, 0.2) is 24.4 Å². The van der Waals surface area contributed by atoms with E-state index in [-0.39, 0.29) is 30.1 Å². The first-order chi connectivity index (χ1) is 14.8. The van der Waals surface area contributed by atoms with Gasteiger partial charge < -0.3 is 20.7 Å². The zero-order chi connectivity index (χ0) is 21.8. The molecule has 3 aromatic rings. The Balaban J connectivity index is 1.44. The summed E-state index contributed by atoms with van der Waals surface area (Å²) in [6.07, 6.45) is -1.26. The predicted octanol–water partition coefficient (Wildman–Crippen LogP) is 2.92. The lowest BCUT2D eigenvalue weighted by molar-refractivity contribution is -0.141. The van der Waals surface area contributed by atoms with Crippen molar-refractivity contribution < 1.29 is 17.9 Å². The fourth-order valence-corrected chi connectivity index (χ4v) is 4.03. The molecule has 6 heterocycles. The Labute approximate surface area is 175 Å². The van der Waals surface area contributed by atoms with E-state index < -0.39 is 11.9 Å². The molecule has 2 unspecified atom stereocenters. The van der Waals surface area contributed by atoms with E-state index in [0.717, 1.165) is 42.2 Å². The number of piperidine rings is 1. The third-order valence-electron chi connectivity index (χ3n) is 5.55. The number of alkyl halides is 3. The molecular formula is C20H20F3N7O. The molecule has 0 spiro atoms. The van der Waals surface area contributed by atoms with E-state index in [0.29, 0.717) is 11.5 Å². The smallest absolute Gasteiger partial charge is 0.399 e. The summed E-state index contributed by atoms with van der Waals surface area (Å²) in [5.41, 5.74) is 5.47. The van der Waals surface area contributed by atoms with Gasteiger partial charge in [-0.3, -0.25) is 0 Å². The van der Waals surface area contributed by atoms with E-state index in [9.17, 15) is 13.2 Å². The summed E-state index contributed by atoms with van der Waals surface area (Å²) in [4.78, 5) is 10.4. The van der Waals surface area contributed by atoms with Crippen molar-refractivity contribution in [1.29, 1.82) is 0 Å². The normalized spacial score (nSPS) is 20.6. The fourth-order valence-electron chi connectivity index (χ4n) is 4.03. The van der Waals surface area contributed by atoms with Gasteiger partial charge in [-0.15, -0.1) is 5.10 Å². The quantitative estimate of drug-likeness (QED) is 0.650. The second-order valence-corrected chi connectivity index (χ2v) is 7.87. The fraction of sp³-hybridized carbons (Fsp3) is 0.400. The van der Waals surface area contributed by atoms with Crippen LogP contribution in [0, 0.1) is 6.92 Å². The number of aryl methyl sites for hydroxylation is 1. The Hall–Kier alpha value is -3.21. The average molecular weight is 431 g/mol. The van der Waals surface area contributed by atoms with Crippen LogP contribution in [0.3, 0.4) is 0 Å². The Morgan fingerprint density at radius 2 is 1.90 bits per heavy atom. The third kappa shape index (κ3) is 3.80. The number of nitrogen functional groups attached to an aromatic ring is 1. The molecule has 162 valence electrons. The molecule has 0 amide bonds. The summed E-state index contributed by atoms with van der Waals surface area (Å²) in [5.74, 6) is 1.25. The van der Waals surface area contributed by atoms with Gasteiger partial charge in [0.25, 0.3) is 0 Å². The van der Waals surface area contributed by atoms with Gasteiger partial charge in [0.1, 0.15) is 11.5 Å². The predicted molar refractivity (Wildman–Crippen MR) is 109 cm³/mol. The van der Waals surface area contributed by atoms with E-state index in [1.165, 1.54) is 6.07 Å². The van der Waals surface area contributed by atoms with Gasteiger partial charge >= 0.3 is 6.18 Å². The summed E-state index contributed by atoms with van der Waals surface area (Å²) in [7, 11) is 0. The lowest BCUT2D eigenvalue weighted by Gasteiger charge is -2.47. The summed E-state index contributed by atoms with van der Waals surface area (Å²) in [5, 5.41) is 13.0. The molecule has 3 aromatic heterocycles. The number of aromatic nitrogens is 4. The highest BCUT2D eigenvalue weighted by Crippen LogP contribution is 2.33. The zero-order valence-electron chi connectivity index (χ0n) is 16.6. The van der Waals surface area contributed by atoms with Crippen molar-refractivity contribution >= 4 is 28.1 Å². The molecule has 11 heteroatoms. The minimum atomic E-state index is -4.57. The number of anilines is 3. The summed E-state index contributed by atoms with van der Waals surface area (Å²) >= 11 is 0. The van der Waals surface area contributed by atoms with Crippen LogP contribution in [0.5, 0.6) is 0 Å². The first-order valence-electron chi connectivity index (χ1n) is 9.87. The van der Waals surface area contributed by atoms with E-state index in [4.69, 9.17) is 10.5 Å². The maximum atomic E-state index is 13.0. The summed E-state index contributed by atoms with van der Waals surface area (Å²) < 4.78 is 44.8. The van der Waals surface area contributed by atoms with Gasteiger partial charge in [0.05, 0.1) is 30.1 Å². The van der Waals surface area contributed by atoms with Gasteiger partial charge in [-0.05, 0) is 25.1 Å². The van der Waals surface area contributed by atoms with E-state index in [2.05, 4.69) is 30.4 Å². The van der Waals surface area contributed by atoms with Crippen molar-refractivity contribution in [3.8, 4) is 0 Å². The first kappa shape index (κ1) is 19.7. The molecule has 3 saturated heterocycles. The van der Waals surface area contributed by atoms with Gasteiger partial charge in [-0.1, -0.05) is 0 Å². The minimum absolute atomic E-state index is 0.00339. The van der Waals surface area contributed by atoms with Crippen LogP contribution in [0.2, 0.25) is 0 Å². The molecule has 31 heavy (non-hydrogen) atoms. The number of halogens is 3. The molecule has 0 saturated carbocycles. The number of hydrogen-bond acceptors (Lipinski definition) is 8. The Kier molecular flexibility index (Phi) is 4.58. The molecule has 2 bridgehead atoms. The lowest BCUT2D eigenvalue weighted by atomic mass is 9.99. The van der Waals surface area contributed by atoms with Crippen LogP contribution < -0.4 is 16.0 Å². The van der Waals surface area contributed by atoms with Crippen LogP contribution in [0.25, 0.3) is 10.8 Å². The SMILES string of the molecule is Cc1nnc(NCc2cc(N)cc(C(F)(F)F)n2)c2cc(N3CC4CC(C3)O4)ncc12. The van der Waals surface area contributed by atoms with Gasteiger partial charge in [0.15, 0.2) is 5.82 Å². The monoisotopic (exact) mass is 431 g/mol. The number of nitrogens with two attached hydrogens (primary N) is 1. The number of pyridine rings is 2. The highest BCUT2D eigenvalue weighted by molar-refractivity contribution is 5.94. The number of ether oxygens (including phenoxy) is 1. The zero-order valence-corrected chi connectivity index (χ0v) is 16.6. The van der Waals surface area contributed by atoms with Crippen LogP contribution in [0.1, 0.15) is 23.5 Å². The molecule has 3 aliphatic rings. The molecule has 0 aliphatic carbocycles. The molecule has 3 fully saturated rings. The van der Waals surface area contributed by atoms with Gasteiger partial charge in [-0.2, -0.15) is 18.3 Å². The van der Waals surface area contributed by atoms with Crippen molar-refractivity contribution in [1.82, 2.24) is 20.2 Å². The maximum Gasteiger partial charge on any atom is 0.433 e. The van der Waals surface area contributed by atoms with Gasteiger partial charge in [0.2, 0.25) is 0 Å². The number of nitrogens with one attached hydrogen (secondary N) is 1. The van der Waals surface area contributed by atoms with Crippen molar-refractivity contribution in [2.45, 2.75) is 38.3 Å². The second kappa shape index (κ2) is 7.19. The van der Waals surface area contributed by atoms with Crippen LogP contribution in [0.4, 0.5) is 30.5 Å². The Bertz CT molecular complexity index is 1140. The van der Waals surface area contributed by atoms with Crippen molar-refractivity contribution in [3.63, 3.8) is 0 Å². The van der Waals surface area contributed by atoms with Crippen LogP contribution in [-0.4, -0.2) is 45.5 Å². The number of hydrogen-bond donors (Lipinski definition) is 2. The number of morpholine rings is 1. The largest absolute Gasteiger partial charge is 0.433 e. The van der Waals surface area contributed by atoms with Gasteiger partial charge in [0, 0.05) is 42.2 Å². The van der Waals surface area contributed by atoms with E-state index >= 15 is 0 Å². The van der Waals surface area contributed by atoms with Crippen LogP contribution in [-0.2, 0) is 17.5 Å². The topological polar surface area (TPSA) is 102 Å². The first-order valence-corrected chi connectivity index (χ1v) is 9.87. The molecule has 3 aliphatic heterocycles. The number of fused-ring (bicyclic) bond motifs is 3. The highest BCUT2D eigenvalue weighted by atomic mass is 19.4. The molecular weight excluding hydrogens is 411 g/mol. The number of nitrogens with zero attached hydrogens (tertiary/aromatic N) is 5. The molecule has 6 rings (SSSR count).